The van der Waals surface area contributed by atoms with Gasteiger partial charge in [0.2, 0.25) is 0 Å². The zero-order chi connectivity index (χ0) is 13.0. The van der Waals surface area contributed by atoms with Gasteiger partial charge in [-0.3, -0.25) is 14.5 Å². The van der Waals surface area contributed by atoms with Crippen LogP contribution < -0.4 is 5.73 Å². The first-order valence-corrected chi connectivity index (χ1v) is 5.93. The molecular formula is C10H19N7O. The van der Waals surface area contributed by atoms with E-state index in [-0.39, 0.29) is 5.84 Å². The number of amidine groups is 1. The molecule has 0 radical (unpaired) electrons. The lowest BCUT2D eigenvalue weighted by atomic mass is 10.3. The van der Waals surface area contributed by atoms with E-state index in [1.165, 1.54) is 0 Å². The van der Waals surface area contributed by atoms with E-state index in [2.05, 4.69) is 25.0 Å². The first kappa shape index (κ1) is 12.8. The van der Waals surface area contributed by atoms with Gasteiger partial charge in [0.1, 0.15) is 12.2 Å². The van der Waals surface area contributed by atoms with Crippen molar-refractivity contribution in [2.24, 2.45) is 17.9 Å². The lowest BCUT2D eigenvalue weighted by Crippen LogP contribution is -2.48. The molecule has 2 heterocycles. The summed E-state index contributed by atoms with van der Waals surface area (Å²) < 4.78 is 1.79. The molecule has 1 aromatic heterocycles. The topological polar surface area (TPSA) is 95.8 Å². The van der Waals surface area contributed by atoms with Crippen molar-refractivity contribution in [3.05, 3.63) is 12.2 Å². The molecular weight excluding hydrogens is 234 g/mol. The summed E-state index contributed by atoms with van der Waals surface area (Å²) in [7, 11) is 1.90. The first-order chi connectivity index (χ1) is 8.69. The number of piperazine rings is 1. The van der Waals surface area contributed by atoms with Crippen molar-refractivity contribution < 1.29 is 5.21 Å². The Hall–Kier alpha value is -1.67. The Labute approximate surface area is 106 Å². The molecule has 0 aromatic carbocycles. The van der Waals surface area contributed by atoms with E-state index < -0.39 is 0 Å². The highest BCUT2D eigenvalue weighted by molar-refractivity contribution is 5.81. The van der Waals surface area contributed by atoms with Crippen molar-refractivity contribution >= 4 is 5.84 Å². The third kappa shape index (κ3) is 3.17. The molecule has 2 rings (SSSR count). The van der Waals surface area contributed by atoms with E-state index in [1.807, 2.05) is 7.05 Å². The second-order valence-corrected chi connectivity index (χ2v) is 4.44. The molecule has 1 aromatic rings. The van der Waals surface area contributed by atoms with E-state index in [0.717, 1.165) is 38.5 Å². The van der Waals surface area contributed by atoms with E-state index in [0.29, 0.717) is 6.54 Å². The average Bonchev–Trinajstić information content (AvgIpc) is 2.77. The van der Waals surface area contributed by atoms with Gasteiger partial charge in [0, 0.05) is 33.2 Å². The number of oxime groups is 1. The maximum Gasteiger partial charge on any atom is 0.153 e. The summed E-state index contributed by atoms with van der Waals surface area (Å²) in [5.74, 6) is 1.23. The molecule has 0 unspecified atom stereocenters. The fraction of sp³-hybridized carbons (Fsp3) is 0.700. The van der Waals surface area contributed by atoms with Crippen molar-refractivity contribution in [2.75, 3.05) is 32.7 Å². The van der Waals surface area contributed by atoms with E-state index >= 15 is 0 Å². The Morgan fingerprint density at radius 2 is 2.06 bits per heavy atom. The van der Waals surface area contributed by atoms with Crippen LogP contribution in [0.3, 0.4) is 0 Å². The van der Waals surface area contributed by atoms with Crippen molar-refractivity contribution in [3.8, 4) is 0 Å². The van der Waals surface area contributed by atoms with Gasteiger partial charge in [-0.15, -0.1) is 0 Å². The highest BCUT2D eigenvalue weighted by Crippen LogP contribution is 2.05. The fourth-order valence-corrected chi connectivity index (χ4v) is 2.03. The van der Waals surface area contributed by atoms with Gasteiger partial charge in [-0.1, -0.05) is 5.16 Å². The van der Waals surface area contributed by atoms with Gasteiger partial charge in [0.15, 0.2) is 5.84 Å². The monoisotopic (exact) mass is 253 g/mol. The summed E-state index contributed by atoms with van der Waals surface area (Å²) in [6.07, 6.45) is 1.57. The van der Waals surface area contributed by atoms with Gasteiger partial charge in [0.05, 0.1) is 13.1 Å². The molecule has 0 atom stereocenters. The van der Waals surface area contributed by atoms with Crippen LogP contribution in [0, 0.1) is 0 Å². The summed E-state index contributed by atoms with van der Waals surface area (Å²) in [5, 5.41) is 15.6. The van der Waals surface area contributed by atoms with Gasteiger partial charge in [0.25, 0.3) is 0 Å². The Bertz CT molecular complexity index is 408. The molecule has 1 fully saturated rings. The number of aryl methyl sites for hydroxylation is 1. The summed E-state index contributed by atoms with van der Waals surface area (Å²) in [4.78, 5) is 8.71. The van der Waals surface area contributed by atoms with Crippen LogP contribution in [0.1, 0.15) is 5.82 Å². The van der Waals surface area contributed by atoms with Crippen molar-refractivity contribution in [2.45, 2.75) is 6.54 Å². The second-order valence-electron chi connectivity index (χ2n) is 4.44. The molecule has 0 spiro atoms. The molecule has 1 saturated heterocycles. The molecule has 0 aliphatic carbocycles. The van der Waals surface area contributed by atoms with Gasteiger partial charge < -0.3 is 10.9 Å². The molecule has 3 N–H and O–H groups in total. The molecule has 8 nitrogen and oxygen atoms in total. The third-order valence-corrected chi connectivity index (χ3v) is 3.15. The Morgan fingerprint density at radius 3 is 2.61 bits per heavy atom. The Kier molecular flexibility index (Phi) is 4.11. The fourth-order valence-electron chi connectivity index (χ4n) is 2.03. The minimum Gasteiger partial charge on any atom is -0.409 e. The number of aromatic nitrogens is 3. The van der Waals surface area contributed by atoms with Crippen LogP contribution in [-0.4, -0.2) is 68.3 Å². The van der Waals surface area contributed by atoms with Gasteiger partial charge in [-0.05, 0) is 0 Å². The van der Waals surface area contributed by atoms with Crippen LogP contribution in [0.5, 0.6) is 0 Å². The lowest BCUT2D eigenvalue weighted by molar-refractivity contribution is 0.135. The van der Waals surface area contributed by atoms with Crippen LogP contribution in [0.15, 0.2) is 11.5 Å². The Morgan fingerprint density at radius 1 is 1.39 bits per heavy atom. The molecule has 0 saturated carbocycles. The van der Waals surface area contributed by atoms with Crippen LogP contribution in [0.4, 0.5) is 0 Å². The molecule has 0 bridgehead atoms. The van der Waals surface area contributed by atoms with Gasteiger partial charge in [-0.25, -0.2) is 4.98 Å². The van der Waals surface area contributed by atoms with Crippen LogP contribution in [0.2, 0.25) is 0 Å². The van der Waals surface area contributed by atoms with Crippen LogP contribution in [-0.2, 0) is 13.6 Å². The third-order valence-electron chi connectivity index (χ3n) is 3.15. The molecule has 100 valence electrons. The van der Waals surface area contributed by atoms with Crippen LogP contribution in [0.25, 0.3) is 0 Å². The predicted octanol–water partition coefficient (Wildman–Crippen LogP) is -1.32. The zero-order valence-corrected chi connectivity index (χ0v) is 10.5. The summed E-state index contributed by atoms with van der Waals surface area (Å²) in [6, 6.07) is 0. The maximum absolute atomic E-state index is 8.53. The number of rotatable bonds is 4. The van der Waals surface area contributed by atoms with Crippen molar-refractivity contribution in [1.29, 1.82) is 0 Å². The maximum atomic E-state index is 8.53. The highest BCUT2D eigenvalue weighted by Gasteiger charge is 2.18. The summed E-state index contributed by atoms with van der Waals surface area (Å²) in [5.41, 5.74) is 5.49. The minimum atomic E-state index is 0.261. The van der Waals surface area contributed by atoms with Crippen molar-refractivity contribution in [3.63, 3.8) is 0 Å². The normalized spacial score (nSPS) is 19.3. The zero-order valence-electron chi connectivity index (χ0n) is 10.5. The highest BCUT2D eigenvalue weighted by atomic mass is 16.4. The number of nitrogens with two attached hydrogens (primary N) is 1. The SMILES string of the molecule is Cn1ncnc1CN1CCN(CC(N)=NO)CC1. The molecule has 8 heteroatoms. The molecule has 18 heavy (non-hydrogen) atoms. The van der Waals surface area contributed by atoms with E-state index in [9.17, 15) is 0 Å². The second kappa shape index (κ2) is 5.78. The number of hydrogen-bond donors (Lipinski definition) is 2. The molecule has 0 amide bonds. The van der Waals surface area contributed by atoms with Crippen LogP contribution >= 0.6 is 0 Å². The van der Waals surface area contributed by atoms with Crippen molar-refractivity contribution in [1.82, 2.24) is 24.6 Å². The average molecular weight is 253 g/mol. The molecule has 1 aliphatic heterocycles. The largest absolute Gasteiger partial charge is 0.409 e. The molecule has 1 aliphatic rings. The first-order valence-electron chi connectivity index (χ1n) is 5.93. The minimum absolute atomic E-state index is 0.261. The summed E-state index contributed by atoms with van der Waals surface area (Å²) >= 11 is 0. The smallest absolute Gasteiger partial charge is 0.153 e. The van der Waals surface area contributed by atoms with E-state index in [4.69, 9.17) is 10.9 Å². The Balaban J connectivity index is 1.78. The lowest BCUT2D eigenvalue weighted by Gasteiger charge is -2.33. The van der Waals surface area contributed by atoms with E-state index in [1.54, 1.807) is 11.0 Å². The number of hydrogen-bond acceptors (Lipinski definition) is 6. The number of nitrogens with zero attached hydrogens (tertiary/aromatic N) is 6. The quantitative estimate of drug-likeness (QED) is 0.299. The van der Waals surface area contributed by atoms with Gasteiger partial charge in [-0.2, -0.15) is 5.10 Å². The van der Waals surface area contributed by atoms with Gasteiger partial charge >= 0.3 is 0 Å². The predicted molar refractivity (Wildman–Crippen MR) is 66.1 cm³/mol. The standard InChI is InChI=1S/C10H19N7O/c1-15-10(12-8-13-15)7-17-4-2-16(3-5-17)6-9(11)14-18/h8,18H,2-7H2,1H3,(H2,11,14). The summed E-state index contributed by atoms with van der Waals surface area (Å²) in [6.45, 7) is 5.06.